The van der Waals surface area contributed by atoms with Gasteiger partial charge in [0.25, 0.3) is 0 Å². The summed E-state index contributed by atoms with van der Waals surface area (Å²) in [4.78, 5) is 14.2. The fraction of sp³-hybridized carbons (Fsp3) is 0.929. The average molecular weight is 256 g/mol. The number of carbonyl (C=O) groups excluding carboxylic acids is 1. The van der Waals surface area contributed by atoms with Crippen molar-refractivity contribution in [2.24, 2.45) is 5.92 Å². The van der Waals surface area contributed by atoms with E-state index in [4.69, 9.17) is 0 Å². The van der Waals surface area contributed by atoms with Gasteiger partial charge in [-0.25, -0.2) is 4.79 Å². The van der Waals surface area contributed by atoms with E-state index in [-0.39, 0.29) is 18.7 Å². The van der Waals surface area contributed by atoms with Crippen LogP contribution in [-0.2, 0) is 0 Å². The van der Waals surface area contributed by atoms with Crippen LogP contribution >= 0.6 is 0 Å². The minimum atomic E-state index is -0.126. The third-order valence-electron chi connectivity index (χ3n) is 3.73. The number of aliphatic hydroxyl groups excluding tert-OH is 1. The predicted molar refractivity (Wildman–Crippen MR) is 73.5 cm³/mol. The number of hydrogen-bond acceptors (Lipinski definition) is 2. The van der Waals surface area contributed by atoms with Crippen molar-refractivity contribution in [3.8, 4) is 0 Å². The Bertz CT molecular complexity index is 259. The first-order chi connectivity index (χ1) is 8.45. The Labute approximate surface area is 111 Å². The maximum Gasteiger partial charge on any atom is 0.318 e. The highest BCUT2D eigenvalue weighted by Gasteiger charge is 2.29. The number of carbonyl (C=O) groups is 1. The molecule has 0 saturated carbocycles. The lowest BCUT2D eigenvalue weighted by Crippen LogP contribution is -2.54. The number of nitrogens with zero attached hydrogens (tertiary/aromatic N) is 1. The van der Waals surface area contributed by atoms with Gasteiger partial charge < -0.3 is 15.3 Å². The zero-order valence-electron chi connectivity index (χ0n) is 12.1. The SMILES string of the molecule is CC(C)CC(CO)NC(=O)N1C(C)CCCC1C. The number of rotatable bonds is 4. The first-order valence-electron chi connectivity index (χ1n) is 7.15. The molecule has 0 aromatic heterocycles. The molecule has 3 atom stereocenters. The maximum absolute atomic E-state index is 12.3. The molecule has 0 bridgehead atoms. The minimum Gasteiger partial charge on any atom is -0.394 e. The molecule has 1 aliphatic heterocycles. The molecule has 1 rings (SSSR count). The first-order valence-corrected chi connectivity index (χ1v) is 7.15. The molecule has 1 aliphatic rings. The standard InChI is InChI=1S/C14H28N2O2/c1-10(2)8-13(9-17)15-14(18)16-11(3)6-5-7-12(16)4/h10-13,17H,5-9H2,1-4H3,(H,15,18). The fourth-order valence-corrected chi connectivity index (χ4v) is 2.82. The van der Waals surface area contributed by atoms with E-state index in [0.717, 1.165) is 19.3 Å². The van der Waals surface area contributed by atoms with Gasteiger partial charge in [0.05, 0.1) is 12.6 Å². The number of amides is 2. The molecule has 0 aromatic rings. The van der Waals surface area contributed by atoms with Crippen LogP contribution in [0.1, 0.15) is 53.4 Å². The minimum absolute atomic E-state index is 0.0144. The van der Waals surface area contributed by atoms with Crippen LogP contribution in [0, 0.1) is 5.92 Å². The molecule has 3 unspecified atom stereocenters. The molecular weight excluding hydrogens is 228 g/mol. The second-order valence-corrected chi connectivity index (χ2v) is 5.99. The topological polar surface area (TPSA) is 52.6 Å². The third kappa shape index (κ3) is 4.16. The summed E-state index contributed by atoms with van der Waals surface area (Å²) in [6.45, 7) is 8.42. The van der Waals surface area contributed by atoms with E-state index in [1.807, 2.05) is 4.90 Å². The van der Waals surface area contributed by atoms with Crippen LogP contribution in [0.5, 0.6) is 0 Å². The van der Waals surface area contributed by atoms with Crippen molar-refractivity contribution in [1.29, 1.82) is 0 Å². The van der Waals surface area contributed by atoms with Crippen LogP contribution in [0.4, 0.5) is 4.79 Å². The van der Waals surface area contributed by atoms with Gasteiger partial charge >= 0.3 is 6.03 Å². The van der Waals surface area contributed by atoms with Gasteiger partial charge in [-0.15, -0.1) is 0 Å². The summed E-state index contributed by atoms with van der Waals surface area (Å²) >= 11 is 0. The highest BCUT2D eigenvalue weighted by Crippen LogP contribution is 2.22. The third-order valence-corrected chi connectivity index (χ3v) is 3.73. The largest absolute Gasteiger partial charge is 0.394 e. The van der Waals surface area contributed by atoms with Crippen molar-refractivity contribution in [3.63, 3.8) is 0 Å². The van der Waals surface area contributed by atoms with E-state index in [2.05, 4.69) is 33.0 Å². The molecule has 106 valence electrons. The van der Waals surface area contributed by atoms with Crippen LogP contribution in [0.15, 0.2) is 0 Å². The Kier molecular flexibility index (Phi) is 5.93. The summed E-state index contributed by atoms with van der Waals surface area (Å²) < 4.78 is 0. The van der Waals surface area contributed by atoms with Gasteiger partial charge in [0.2, 0.25) is 0 Å². The van der Waals surface area contributed by atoms with Crippen LogP contribution in [0.3, 0.4) is 0 Å². The predicted octanol–water partition coefficient (Wildman–Crippen LogP) is 2.37. The van der Waals surface area contributed by atoms with E-state index in [9.17, 15) is 9.90 Å². The molecule has 0 radical (unpaired) electrons. The van der Waals surface area contributed by atoms with Gasteiger partial charge in [-0.3, -0.25) is 0 Å². The number of piperidine rings is 1. The van der Waals surface area contributed by atoms with E-state index < -0.39 is 0 Å². The number of aliphatic hydroxyl groups is 1. The Morgan fingerprint density at radius 3 is 2.33 bits per heavy atom. The van der Waals surface area contributed by atoms with E-state index in [1.165, 1.54) is 6.42 Å². The van der Waals surface area contributed by atoms with Crippen molar-refractivity contribution in [2.75, 3.05) is 6.61 Å². The Morgan fingerprint density at radius 2 is 1.89 bits per heavy atom. The van der Waals surface area contributed by atoms with Gasteiger partial charge in [-0.1, -0.05) is 13.8 Å². The number of nitrogens with one attached hydrogen (secondary N) is 1. The summed E-state index contributed by atoms with van der Waals surface area (Å²) in [5.74, 6) is 0.471. The van der Waals surface area contributed by atoms with E-state index in [0.29, 0.717) is 18.0 Å². The lowest BCUT2D eigenvalue weighted by atomic mass is 9.98. The first kappa shape index (κ1) is 15.3. The molecule has 0 spiro atoms. The molecule has 0 aromatic carbocycles. The van der Waals surface area contributed by atoms with Crippen molar-refractivity contribution in [1.82, 2.24) is 10.2 Å². The molecule has 18 heavy (non-hydrogen) atoms. The summed E-state index contributed by atoms with van der Waals surface area (Å²) in [6, 6.07) is 0.451. The summed E-state index contributed by atoms with van der Waals surface area (Å²) in [6.07, 6.45) is 4.16. The number of urea groups is 1. The number of hydrogen-bond donors (Lipinski definition) is 2. The molecule has 1 saturated heterocycles. The van der Waals surface area contributed by atoms with Crippen LogP contribution in [0.25, 0.3) is 0 Å². The molecule has 4 nitrogen and oxygen atoms in total. The zero-order chi connectivity index (χ0) is 13.7. The maximum atomic E-state index is 12.3. The van der Waals surface area contributed by atoms with Crippen molar-refractivity contribution >= 4 is 6.03 Å². The highest BCUT2D eigenvalue weighted by molar-refractivity contribution is 5.75. The van der Waals surface area contributed by atoms with Crippen molar-refractivity contribution in [2.45, 2.75) is 71.5 Å². The lowest BCUT2D eigenvalue weighted by Gasteiger charge is -2.39. The molecule has 1 heterocycles. The van der Waals surface area contributed by atoms with Crippen LogP contribution in [-0.4, -0.2) is 40.8 Å². The normalized spacial score (nSPS) is 26.2. The molecular formula is C14H28N2O2. The average Bonchev–Trinajstić information content (AvgIpc) is 2.27. The number of likely N-dealkylation sites (tertiary alicyclic amines) is 1. The Balaban J connectivity index is 2.56. The van der Waals surface area contributed by atoms with Gasteiger partial charge in [0.15, 0.2) is 0 Å². The van der Waals surface area contributed by atoms with Crippen LogP contribution < -0.4 is 5.32 Å². The van der Waals surface area contributed by atoms with E-state index in [1.54, 1.807) is 0 Å². The Morgan fingerprint density at radius 1 is 1.33 bits per heavy atom. The second kappa shape index (κ2) is 6.98. The molecule has 2 N–H and O–H groups in total. The van der Waals surface area contributed by atoms with Crippen molar-refractivity contribution < 1.29 is 9.90 Å². The molecule has 2 amide bonds. The fourth-order valence-electron chi connectivity index (χ4n) is 2.82. The molecule has 4 heteroatoms. The molecule has 0 aliphatic carbocycles. The zero-order valence-corrected chi connectivity index (χ0v) is 12.1. The highest BCUT2D eigenvalue weighted by atomic mass is 16.3. The van der Waals surface area contributed by atoms with Gasteiger partial charge in [-0.2, -0.15) is 0 Å². The monoisotopic (exact) mass is 256 g/mol. The van der Waals surface area contributed by atoms with E-state index >= 15 is 0 Å². The summed E-state index contributed by atoms with van der Waals surface area (Å²) in [5.41, 5.74) is 0. The molecule has 1 fully saturated rings. The van der Waals surface area contributed by atoms with Crippen molar-refractivity contribution in [3.05, 3.63) is 0 Å². The lowest BCUT2D eigenvalue weighted by molar-refractivity contribution is 0.115. The van der Waals surface area contributed by atoms with Gasteiger partial charge in [0, 0.05) is 12.1 Å². The second-order valence-electron chi connectivity index (χ2n) is 5.99. The smallest absolute Gasteiger partial charge is 0.318 e. The van der Waals surface area contributed by atoms with Gasteiger partial charge in [-0.05, 0) is 45.4 Å². The quantitative estimate of drug-likeness (QED) is 0.811. The Hall–Kier alpha value is -0.770. The van der Waals surface area contributed by atoms with Gasteiger partial charge in [0.1, 0.15) is 0 Å². The summed E-state index contributed by atoms with van der Waals surface area (Å²) in [7, 11) is 0. The summed E-state index contributed by atoms with van der Waals surface area (Å²) in [5, 5.41) is 12.3. The van der Waals surface area contributed by atoms with Crippen LogP contribution in [0.2, 0.25) is 0 Å².